The van der Waals surface area contributed by atoms with Gasteiger partial charge in [-0.2, -0.15) is 0 Å². The molecular weight excluding hydrogens is 436 g/mol. The van der Waals surface area contributed by atoms with E-state index in [2.05, 4.69) is 10.0 Å². The van der Waals surface area contributed by atoms with Gasteiger partial charge in [-0.05, 0) is 36.8 Å². The van der Waals surface area contributed by atoms with E-state index in [0.29, 0.717) is 5.75 Å². The van der Waals surface area contributed by atoms with Crippen LogP contribution in [-0.2, 0) is 26.1 Å². The van der Waals surface area contributed by atoms with Gasteiger partial charge in [0.1, 0.15) is 24.1 Å². The quantitative estimate of drug-likeness (QED) is 0.424. The molecule has 0 radical (unpaired) electrons. The maximum absolute atomic E-state index is 12.4. The van der Waals surface area contributed by atoms with E-state index in [1.54, 1.807) is 31.4 Å². The Kier molecular flexibility index (Phi) is 7.86. The molecule has 0 aliphatic carbocycles. The van der Waals surface area contributed by atoms with Crippen LogP contribution in [0.15, 0.2) is 53.4 Å². The van der Waals surface area contributed by atoms with E-state index in [-0.39, 0.29) is 30.3 Å². The van der Waals surface area contributed by atoms with Crippen LogP contribution in [-0.4, -0.2) is 62.6 Å². The van der Waals surface area contributed by atoms with Crippen molar-refractivity contribution in [1.29, 1.82) is 0 Å². The van der Waals surface area contributed by atoms with Gasteiger partial charge in [-0.3, -0.25) is 4.79 Å². The number of amides is 1. The fraction of sp³-hybridized carbons (Fsp3) is 0.409. The van der Waals surface area contributed by atoms with Crippen LogP contribution in [0.25, 0.3) is 0 Å². The van der Waals surface area contributed by atoms with Crippen molar-refractivity contribution >= 4 is 15.9 Å². The number of ether oxygens (including phenoxy) is 2. The van der Waals surface area contributed by atoms with Crippen LogP contribution in [0.5, 0.6) is 5.75 Å². The number of aliphatic hydroxyl groups is 2. The summed E-state index contributed by atoms with van der Waals surface area (Å²) in [6.45, 7) is 1.90. The van der Waals surface area contributed by atoms with Crippen molar-refractivity contribution in [3.05, 3.63) is 59.7 Å². The first kappa shape index (κ1) is 24.1. The molecule has 10 heteroatoms. The molecule has 0 saturated carbocycles. The smallest absolute Gasteiger partial charge is 0.240 e. The summed E-state index contributed by atoms with van der Waals surface area (Å²) in [6, 6.07) is 13.5. The fourth-order valence-electron chi connectivity index (χ4n) is 3.35. The van der Waals surface area contributed by atoms with Crippen LogP contribution in [0, 0.1) is 6.92 Å². The monoisotopic (exact) mass is 464 g/mol. The minimum atomic E-state index is -3.80. The van der Waals surface area contributed by atoms with E-state index < -0.39 is 34.4 Å². The highest BCUT2D eigenvalue weighted by Gasteiger charge is 2.43. The van der Waals surface area contributed by atoms with E-state index in [0.717, 1.165) is 11.1 Å². The molecule has 0 spiro atoms. The molecule has 2 aromatic carbocycles. The number of rotatable bonds is 9. The summed E-state index contributed by atoms with van der Waals surface area (Å²) in [6.07, 6.45) is -4.74. The maximum atomic E-state index is 12.4. The van der Waals surface area contributed by atoms with Crippen molar-refractivity contribution < 1.29 is 32.9 Å². The highest BCUT2D eigenvalue weighted by Crippen LogP contribution is 2.24. The molecule has 1 aliphatic heterocycles. The molecule has 174 valence electrons. The molecule has 4 N–H and O–H groups in total. The molecule has 1 amide bonds. The zero-order chi connectivity index (χ0) is 23.3. The number of aryl methyl sites for hydroxylation is 1. The molecule has 3 rings (SSSR count). The van der Waals surface area contributed by atoms with Gasteiger partial charge in [0.15, 0.2) is 0 Å². The number of aliphatic hydroxyl groups excluding tert-OH is 2. The molecule has 0 unspecified atom stereocenters. The first-order valence-corrected chi connectivity index (χ1v) is 11.7. The van der Waals surface area contributed by atoms with E-state index in [1.165, 1.54) is 12.1 Å². The van der Waals surface area contributed by atoms with Gasteiger partial charge in [-0.15, -0.1) is 0 Å². The molecule has 1 saturated heterocycles. The van der Waals surface area contributed by atoms with Crippen molar-refractivity contribution in [2.75, 3.05) is 13.7 Å². The molecule has 0 aromatic heterocycles. The number of hydrogen-bond acceptors (Lipinski definition) is 7. The number of nitrogens with one attached hydrogen (secondary N) is 2. The molecule has 1 fully saturated rings. The van der Waals surface area contributed by atoms with Gasteiger partial charge in [0.2, 0.25) is 15.9 Å². The van der Waals surface area contributed by atoms with Crippen molar-refractivity contribution in [3.8, 4) is 5.75 Å². The third-order valence-electron chi connectivity index (χ3n) is 5.30. The van der Waals surface area contributed by atoms with Gasteiger partial charge in [-0.1, -0.05) is 29.8 Å². The molecule has 1 aliphatic rings. The average Bonchev–Trinajstić information content (AvgIpc) is 3.05. The highest BCUT2D eigenvalue weighted by atomic mass is 32.2. The molecule has 0 bridgehead atoms. The standard InChI is InChI=1S/C22H28N2O7S/c1-14-3-9-17(10-4-14)32(28,29)24-13-19-22(27)21(26)18(31-19)11-20(25)23-12-15-5-7-16(30-2)8-6-15/h3-10,18-19,21-22,24,26-27H,11-13H2,1-2H3,(H,23,25)/t18-,19+,21-,22+/m0/s1. The lowest BCUT2D eigenvalue weighted by molar-refractivity contribution is -0.125. The molecule has 9 nitrogen and oxygen atoms in total. The Morgan fingerprint density at radius 2 is 1.66 bits per heavy atom. The van der Waals surface area contributed by atoms with E-state index in [4.69, 9.17) is 9.47 Å². The predicted molar refractivity (Wildman–Crippen MR) is 116 cm³/mol. The number of methoxy groups -OCH3 is 1. The first-order chi connectivity index (χ1) is 15.2. The molecule has 2 aromatic rings. The number of carbonyl (C=O) groups is 1. The summed E-state index contributed by atoms with van der Waals surface area (Å²) in [7, 11) is -2.23. The lowest BCUT2D eigenvalue weighted by atomic mass is 10.1. The topological polar surface area (TPSA) is 134 Å². The lowest BCUT2D eigenvalue weighted by Gasteiger charge is -2.15. The van der Waals surface area contributed by atoms with Crippen LogP contribution >= 0.6 is 0 Å². The van der Waals surface area contributed by atoms with E-state index in [9.17, 15) is 23.4 Å². The van der Waals surface area contributed by atoms with Crippen LogP contribution in [0.3, 0.4) is 0 Å². The summed E-state index contributed by atoms with van der Waals surface area (Å²) >= 11 is 0. The van der Waals surface area contributed by atoms with Crippen LogP contribution in [0.2, 0.25) is 0 Å². The normalized spacial score (nSPS) is 23.1. The second kappa shape index (κ2) is 10.4. The Morgan fingerprint density at radius 1 is 1.03 bits per heavy atom. The minimum Gasteiger partial charge on any atom is -0.497 e. The highest BCUT2D eigenvalue weighted by molar-refractivity contribution is 7.89. The van der Waals surface area contributed by atoms with Gasteiger partial charge in [-0.25, -0.2) is 13.1 Å². The third-order valence-corrected chi connectivity index (χ3v) is 6.74. The van der Waals surface area contributed by atoms with Crippen molar-refractivity contribution in [1.82, 2.24) is 10.0 Å². The summed E-state index contributed by atoms with van der Waals surface area (Å²) < 4.78 is 37.9. The molecule has 4 atom stereocenters. The molecule has 1 heterocycles. The van der Waals surface area contributed by atoms with Gasteiger partial charge < -0.3 is 25.0 Å². The number of hydrogen-bond donors (Lipinski definition) is 4. The SMILES string of the molecule is COc1ccc(CNC(=O)C[C@@H]2O[C@H](CNS(=O)(=O)c3ccc(C)cc3)[C@@H](O)[C@H]2O)cc1. The van der Waals surface area contributed by atoms with Crippen LogP contribution in [0.1, 0.15) is 17.5 Å². The van der Waals surface area contributed by atoms with Crippen LogP contribution in [0.4, 0.5) is 0 Å². The Hall–Kier alpha value is -2.50. The van der Waals surface area contributed by atoms with Gasteiger partial charge in [0, 0.05) is 13.1 Å². The summed E-state index contributed by atoms with van der Waals surface area (Å²) in [5, 5.41) is 23.2. The summed E-state index contributed by atoms with van der Waals surface area (Å²) in [5.74, 6) is 0.346. The van der Waals surface area contributed by atoms with E-state index >= 15 is 0 Å². The van der Waals surface area contributed by atoms with Gasteiger partial charge >= 0.3 is 0 Å². The molecular formula is C22H28N2O7S. The molecule has 32 heavy (non-hydrogen) atoms. The van der Waals surface area contributed by atoms with Crippen molar-refractivity contribution in [3.63, 3.8) is 0 Å². The second-order valence-corrected chi connectivity index (χ2v) is 9.46. The number of carbonyl (C=O) groups excluding carboxylic acids is 1. The van der Waals surface area contributed by atoms with Crippen molar-refractivity contribution in [2.24, 2.45) is 0 Å². The van der Waals surface area contributed by atoms with E-state index in [1.807, 2.05) is 19.1 Å². The van der Waals surface area contributed by atoms with Crippen LogP contribution < -0.4 is 14.8 Å². The largest absolute Gasteiger partial charge is 0.497 e. The first-order valence-electron chi connectivity index (χ1n) is 10.2. The summed E-state index contributed by atoms with van der Waals surface area (Å²) in [4.78, 5) is 12.4. The maximum Gasteiger partial charge on any atom is 0.240 e. The average molecular weight is 465 g/mol. The minimum absolute atomic E-state index is 0.0885. The van der Waals surface area contributed by atoms with Crippen molar-refractivity contribution in [2.45, 2.75) is 49.2 Å². The Balaban J connectivity index is 1.50. The summed E-state index contributed by atoms with van der Waals surface area (Å²) in [5.41, 5.74) is 1.80. The third kappa shape index (κ3) is 6.05. The van der Waals surface area contributed by atoms with Gasteiger partial charge in [0.05, 0.1) is 24.5 Å². The number of benzene rings is 2. The Morgan fingerprint density at radius 3 is 2.28 bits per heavy atom. The number of sulfonamides is 1. The fourth-order valence-corrected chi connectivity index (χ4v) is 4.40. The Bertz CT molecular complexity index is 1010. The van der Waals surface area contributed by atoms with Gasteiger partial charge in [0.25, 0.3) is 0 Å². The zero-order valence-corrected chi connectivity index (χ0v) is 18.7. The Labute approximate surface area is 187 Å². The predicted octanol–water partition coefficient (Wildman–Crippen LogP) is 0.478. The second-order valence-electron chi connectivity index (χ2n) is 7.69. The zero-order valence-electron chi connectivity index (χ0n) is 17.9. The lowest BCUT2D eigenvalue weighted by Crippen LogP contribution is -2.40.